The van der Waals surface area contributed by atoms with Gasteiger partial charge in [0.25, 0.3) is 0 Å². The molecule has 1 amide bonds. The van der Waals surface area contributed by atoms with Gasteiger partial charge in [-0.15, -0.1) is 0 Å². The molecular weight excluding hydrogens is 281 g/mol. The van der Waals surface area contributed by atoms with Crippen LogP contribution in [0.2, 0.25) is 0 Å². The molecule has 0 saturated carbocycles. The number of thioether (sulfide) groups is 1. The van der Waals surface area contributed by atoms with E-state index >= 15 is 0 Å². The van der Waals surface area contributed by atoms with Crippen molar-refractivity contribution in [2.24, 2.45) is 0 Å². The Balaban J connectivity index is 1.92. The quantitative estimate of drug-likeness (QED) is 0.667. The molecule has 2 N–H and O–H groups in total. The van der Waals surface area contributed by atoms with Gasteiger partial charge in [0.15, 0.2) is 0 Å². The highest BCUT2D eigenvalue weighted by atomic mass is 32.2. The molecule has 0 fully saturated rings. The molecule has 0 radical (unpaired) electrons. The van der Waals surface area contributed by atoms with Crippen LogP contribution in [0.1, 0.15) is 5.56 Å². The lowest BCUT2D eigenvalue weighted by atomic mass is 10.2. The number of anilines is 1. The molecule has 0 aliphatic heterocycles. The van der Waals surface area contributed by atoms with E-state index in [1.54, 1.807) is 25.1 Å². The van der Waals surface area contributed by atoms with E-state index in [1.807, 2.05) is 0 Å². The number of amides is 1. The Bertz CT molecular complexity index is 687. The van der Waals surface area contributed by atoms with Crippen molar-refractivity contribution >= 4 is 23.4 Å². The van der Waals surface area contributed by atoms with Crippen LogP contribution in [0.4, 0.5) is 10.1 Å². The van der Waals surface area contributed by atoms with Crippen molar-refractivity contribution in [1.82, 2.24) is 9.97 Å². The number of benzene rings is 1. The minimum absolute atomic E-state index is 0.107. The van der Waals surface area contributed by atoms with E-state index in [9.17, 15) is 14.0 Å². The minimum Gasteiger partial charge on any atom is -0.325 e. The van der Waals surface area contributed by atoms with Crippen LogP contribution in [0, 0.1) is 12.7 Å². The minimum atomic E-state index is -0.462. The van der Waals surface area contributed by atoms with Crippen molar-refractivity contribution < 1.29 is 9.18 Å². The molecule has 1 aromatic heterocycles. The third-order valence-electron chi connectivity index (χ3n) is 2.46. The van der Waals surface area contributed by atoms with Crippen molar-refractivity contribution in [2.75, 3.05) is 11.1 Å². The normalized spacial score (nSPS) is 10.3. The molecule has 5 nitrogen and oxygen atoms in total. The van der Waals surface area contributed by atoms with Crippen molar-refractivity contribution in [3.63, 3.8) is 0 Å². The number of H-pyrrole nitrogens is 1. The molecule has 0 unspecified atom stereocenters. The summed E-state index contributed by atoms with van der Waals surface area (Å²) in [5, 5.41) is 3.14. The fraction of sp³-hybridized carbons (Fsp3) is 0.154. The molecule has 1 aromatic carbocycles. The average Bonchev–Trinajstić information content (AvgIpc) is 2.41. The highest BCUT2D eigenvalue weighted by Gasteiger charge is 2.06. The summed E-state index contributed by atoms with van der Waals surface area (Å²) in [5.74, 6) is -0.542. The number of carbonyl (C=O) groups excluding carboxylic acids is 1. The summed E-state index contributed by atoms with van der Waals surface area (Å²) in [6, 6.07) is 6.10. The second kappa shape index (κ2) is 6.33. The lowest BCUT2D eigenvalue weighted by Crippen LogP contribution is -2.15. The second-order valence-corrected chi connectivity index (χ2v) is 5.06. The number of rotatable bonds is 4. The van der Waals surface area contributed by atoms with Crippen molar-refractivity contribution in [3.8, 4) is 0 Å². The van der Waals surface area contributed by atoms with Gasteiger partial charge in [0.1, 0.15) is 5.82 Å². The maximum atomic E-state index is 13.3. The van der Waals surface area contributed by atoms with Gasteiger partial charge < -0.3 is 10.3 Å². The lowest BCUT2D eigenvalue weighted by molar-refractivity contribution is -0.113. The smallest absolute Gasteiger partial charge is 0.325 e. The number of aryl methyl sites for hydroxylation is 1. The molecule has 7 heteroatoms. The van der Waals surface area contributed by atoms with Crippen molar-refractivity contribution in [2.45, 2.75) is 11.9 Å². The van der Waals surface area contributed by atoms with Crippen LogP contribution in [0.15, 0.2) is 40.3 Å². The van der Waals surface area contributed by atoms with Crippen molar-refractivity contribution in [3.05, 3.63) is 52.3 Å². The van der Waals surface area contributed by atoms with Gasteiger partial charge in [0, 0.05) is 11.9 Å². The van der Waals surface area contributed by atoms with E-state index < -0.39 is 5.69 Å². The fourth-order valence-corrected chi connectivity index (χ4v) is 2.12. The molecule has 0 aliphatic carbocycles. The highest BCUT2D eigenvalue weighted by molar-refractivity contribution is 7.99. The number of nitrogens with one attached hydrogen (secondary N) is 2. The Morgan fingerprint density at radius 2 is 2.25 bits per heavy atom. The van der Waals surface area contributed by atoms with E-state index in [2.05, 4.69) is 15.3 Å². The Morgan fingerprint density at radius 1 is 1.45 bits per heavy atom. The van der Waals surface area contributed by atoms with Crippen LogP contribution in [0.5, 0.6) is 0 Å². The topological polar surface area (TPSA) is 74.8 Å². The molecule has 0 saturated heterocycles. The van der Waals surface area contributed by atoms with Gasteiger partial charge in [-0.2, -0.15) is 0 Å². The Morgan fingerprint density at radius 3 is 2.95 bits per heavy atom. The number of carbonyl (C=O) groups is 1. The van der Waals surface area contributed by atoms with Gasteiger partial charge in [-0.05, 0) is 30.7 Å². The second-order valence-electron chi connectivity index (χ2n) is 4.04. The fourth-order valence-electron chi connectivity index (χ4n) is 1.45. The van der Waals surface area contributed by atoms with Gasteiger partial charge in [-0.1, -0.05) is 17.8 Å². The van der Waals surface area contributed by atoms with Crippen LogP contribution in [0.3, 0.4) is 0 Å². The zero-order valence-corrected chi connectivity index (χ0v) is 11.5. The predicted molar refractivity (Wildman–Crippen MR) is 75.3 cm³/mol. The lowest BCUT2D eigenvalue weighted by Gasteiger charge is -2.06. The Kier molecular flexibility index (Phi) is 4.52. The molecular formula is C13H12FN3O2S. The van der Waals surface area contributed by atoms with Crippen LogP contribution >= 0.6 is 11.8 Å². The predicted octanol–water partition coefficient (Wildman–Crippen LogP) is 1.95. The molecule has 0 atom stereocenters. The zero-order chi connectivity index (χ0) is 14.5. The van der Waals surface area contributed by atoms with E-state index in [-0.39, 0.29) is 17.5 Å². The maximum Gasteiger partial charge on any atom is 0.345 e. The van der Waals surface area contributed by atoms with Crippen LogP contribution in [0.25, 0.3) is 0 Å². The molecule has 0 spiro atoms. The summed E-state index contributed by atoms with van der Waals surface area (Å²) in [5.41, 5.74) is 0.463. The van der Waals surface area contributed by atoms with Crippen LogP contribution in [-0.4, -0.2) is 21.6 Å². The number of hydrogen-bond acceptors (Lipinski definition) is 4. The highest BCUT2D eigenvalue weighted by Crippen LogP contribution is 2.16. The molecule has 0 aliphatic rings. The first kappa shape index (κ1) is 14.3. The summed E-state index contributed by atoms with van der Waals surface area (Å²) in [6.07, 6.45) is 1.37. The largest absolute Gasteiger partial charge is 0.345 e. The van der Waals surface area contributed by atoms with Gasteiger partial charge in [0.2, 0.25) is 5.91 Å². The first-order valence-corrected chi connectivity index (χ1v) is 6.77. The third-order valence-corrected chi connectivity index (χ3v) is 3.42. The van der Waals surface area contributed by atoms with E-state index in [0.717, 1.165) is 0 Å². The number of halogens is 1. The van der Waals surface area contributed by atoms with Crippen molar-refractivity contribution in [1.29, 1.82) is 0 Å². The van der Waals surface area contributed by atoms with Gasteiger partial charge in [-0.3, -0.25) is 4.79 Å². The van der Waals surface area contributed by atoms with Gasteiger partial charge in [-0.25, -0.2) is 14.2 Å². The zero-order valence-electron chi connectivity index (χ0n) is 10.6. The first-order chi connectivity index (χ1) is 9.54. The third kappa shape index (κ3) is 3.92. The average molecular weight is 293 g/mol. The summed E-state index contributed by atoms with van der Waals surface area (Å²) in [4.78, 5) is 28.7. The number of hydrogen-bond donors (Lipinski definition) is 2. The summed E-state index contributed by atoms with van der Waals surface area (Å²) in [7, 11) is 0. The van der Waals surface area contributed by atoms with Gasteiger partial charge in [0.05, 0.1) is 10.8 Å². The molecule has 104 valence electrons. The Hall–Kier alpha value is -2.15. The van der Waals surface area contributed by atoms with Crippen LogP contribution in [-0.2, 0) is 4.79 Å². The Labute approximate surface area is 118 Å². The molecule has 2 rings (SSSR count). The maximum absolute atomic E-state index is 13.3. The van der Waals surface area contributed by atoms with Crippen LogP contribution < -0.4 is 11.0 Å². The summed E-state index contributed by atoms with van der Waals surface area (Å²) >= 11 is 1.17. The van der Waals surface area contributed by atoms with Gasteiger partial charge >= 0.3 is 5.69 Å². The SMILES string of the molecule is Cc1ccc(NC(=O)CSc2ccnc(=O)[nH]2)cc1F. The molecule has 1 heterocycles. The number of nitrogens with zero attached hydrogens (tertiary/aromatic N) is 1. The van der Waals surface area contributed by atoms with E-state index in [0.29, 0.717) is 16.3 Å². The summed E-state index contributed by atoms with van der Waals surface area (Å²) in [6.45, 7) is 1.65. The monoisotopic (exact) mass is 293 g/mol. The summed E-state index contributed by atoms with van der Waals surface area (Å²) < 4.78 is 13.3. The molecule has 0 bridgehead atoms. The standard InChI is InChI=1S/C13H12FN3O2S/c1-8-2-3-9(6-10(8)14)16-11(18)7-20-12-4-5-15-13(19)17-12/h2-6H,7H2,1H3,(H,16,18)(H,15,17,19). The number of aromatic amines is 1. The molecule has 20 heavy (non-hydrogen) atoms. The van der Waals surface area contributed by atoms with E-state index in [4.69, 9.17) is 0 Å². The first-order valence-electron chi connectivity index (χ1n) is 5.79. The number of aromatic nitrogens is 2. The van der Waals surface area contributed by atoms with E-state index in [1.165, 1.54) is 24.0 Å². The molecule has 2 aromatic rings.